The molecule has 0 radical (unpaired) electrons. The summed E-state index contributed by atoms with van der Waals surface area (Å²) in [6.07, 6.45) is 5.72. The molecule has 2 aliphatic heterocycles. The minimum atomic E-state index is -0.435. The third kappa shape index (κ3) is 3.67. The van der Waals surface area contributed by atoms with E-state index in [0.29, 0.717) is 6.61 Å². The molecule has 2 aliphatic rings. The van der Waals surface area contributed by atoms with Crippen molar-refractivity contribution < 1.29 is 14.3 Å². The monoisotopic (exact) mass is 307 g/mol. The first-order valence-corrected chi connectivity index (χ1v) is 8.18. The molecule has 0 aliphatic carbocycles. The van der Waals surface area contributed by atoms with E-state index in [-0.39, 0.29) is 18.1 Å². The van der Waals surface area contributed by atoms with Crippen molar-refractivity contribution in [1.82, 2.24) is 14.9 Å². The summed E-state index contributed by atoms with van der Waals surface area (Å²) in [5.41, 5.74) is 1.04. The lowest BCUT2D eigenvalue weighted by molar-refractivity contribution is -0.134. The van der Waals surface area contributed by atoms with Gasteiger partial charge >= 0.3 is 0 Å². The molecule has 0 bridgehead atoms. The topological polar surface area (TPSA) is 65.4 Å². The van der Waals surface area contributed by atoms with Crippen molar-refractivity contribution in [3.8, 4) is 0 Å². The van der Waals surface area contributed by atoms with Gasteiger partial charge in [-0.05, 0) is 33.1 Å². The summed E-state index contributed by atoms with van der Waals surface area (Å²) < 4.78 is 13.3. The molecule has 1 saturated heterocycles. The number of rotatable bonds is 5. The third-order valence-electron chi connectivity index (χ3n) is 4.38. The van der Waals surface area contributed by atoms with E-state index in [1.165, 1.54) is 0 Å². The van der Waals surface area contributed by atoms with Gasteiger partial charge in [0.2, 0.25) is 5.91 Å². The van der Waals surface area contributed by atoms with Crippen molar-refractivity contribution in [2.45, 2.75) is 64.3 Å². The largest absolute Gasteiger partial charge is 0.376 e. The van der Waals surface area contributed by atoms with E-state index in [9.17, 15) is 4.79 Å². The van der Waals surface area contributed by atoms with Gasteiger partial charge in [0.1, 0.15) is 11.9 Å². The lowest BCUT2D eigenvalue weighted by Crippen LogP contribution is -2.45. The summed E-state index contributed by atoms with van der Waals surface area (Å²) in [4.78, 5) is 16.7. The molecule has 6 nitrogen and oxygen atoms in total. The number of aryl methyl sites for hydroxylation is 2. The maximum absolute atomic E-state index is 12.2. The molecule has 22 heavy (non-hydrogen) atoms. The molecule has 0 unspecified atom stereocenters. The van der Waals surface area contributed by atoms with E-state index in [1.807, 2.05) is 13.1 Å². The lowest BCUT2D eigenvalue weighted by Gasteiger charge is -2.26. The predicted molar refractivity (Wildman–Crippen MR) is 81.6 cm³/mol. The van der Waals surface area contributed by atoms with Gasteiger partial charge in [-0.25, -0.2) is 4.98 Å². The van der Waals surface area contributed by atoms with Crippen LogP contribution in [0.25, 0.3) is 0 Å². The molecule has 0 saturated carbocycles. The van der Waals surface area contributed by atoms with Crippen LogP contribution in [0, 0.1) is 6.92 Å². The van der Waals surface area contributed by atoms with Gasteiger partial charge in [0.25, 0.3) is 0 Å². The molecular formula is C16H25N3O3. The smallest absolute Gasteiger partial charge is 0.249 e. The minimum absolute atomic E-state index is 0.0386. The second-order valence-corrected chi connectivity index (χ2v) is 6.31. The third-order valence-corrected chi connectivity index (χ3v) is 4.38. The van der Waals surface area contributed by atoms with Crippen LogP contribution < -0.4 is 5.32 Å². The molecule has 0 aromatic carbocycles. The van der Waals surface area contributed by atoms with Gasteiger partial charge in [0, 0.05) is 31.8 Å². The highest BCUT2D eigenvalue weighted by Crippen LogP contribution is 2.16. The lowest BCUT2D eigenvalue weighted by atomic mass is 10.1. The summed E-state index contributed by atoms with van der Waals surface area (Å²) >= 11 is 0. The number of amides is 1. The summed E-state index contributed by atoms with van der Waals surface area (Å²) in [6.45, 7) is 5.91. The number of fused-ring (bicyclic) bond motifs is 1. The number of imidazole rings is 1. The van der Waals surface area contributed by atoms with Crippen molar-refractivity contribution >= 4 is 5.91 Å². The summed E-state index contributed by atoms with van der Waals surface area (Å²) in [6, 6.07) is 0.155. The van der Waals surface area contributed by atoms with Gasteiger partial charge in [-0.3, -0.25) is 4.79 Å². The molecule has 1 amide bonds. The molecule has 122 valence electrons. The SMILES string of the molecule is Cc1cn2c(n1)CC[C@H](NC(=O)[C@@H](C)OC[C@@H]1CCCO1)C2. The van der Waals surface area contributed by atoms with Crippen LogP contribution in [0.5, 0.6) is 0 Å². The molecule has 1 aromatic rings. The quantitative estimate of drug-likeness (QED) is 0.888. The Kier molecular flexibility index (Phi) is 4.78. The number of carbonyl (C=O) groups excluding carboxylic acids is 1. The number of nitrogens with one attached hydrogen (secondary N) is 1. The van der Waals surface area contributed by atoms with Gasteiger partial charge in [-0.1, -0.05) is 0 Å². The Labute approximate surface area is 131 Å². The Hall–Kier alpha value is -1.40. The molecule has 3 rings (SSSR count). The fourth-order valence-corrected chi connectivity index (χ4v) is 3.13. The highest BCUT2D eigenvalue weighted by atomic mass is 16.5. The van der Waals surface area contributed by atoms with E-state index in [2.05, 4.69) is 14.9 Å². The van der Waals surface area contributed by atoms with Gasteiger partial charge < -0.3 is 19.4 Å². The van der Waals surface area contributed by atoms with Crippen molar-refractivity contribution in [1.29, 1.82) is 0 Å². The van der Waals surface area contributed by atoms with Crippen LogP contribution in [0.2, 0.25) is 0 Å². The number of carbonyl (C=O) groups is 1. The fourth-order valence-electron chi connectivity index (χ4n) is 3.13. The first-order chi connectivity index (χ1) is 10.6. The van der Waals surface area contributed by atoms with Crippen LogP contribution in [-0.4, -0.2) is 46.9 Å². The maximum atomic E-state index is 12.2. The molecule has 1 aromatic heterocycles. The number of hydrogen-bond donors (Lipinski definition) is 1. The van der Waals surface area contributed by atoms with E-state index >= 15 is 0 Å². The first-order valence-electron chi connectivity index (χ1n) is 8.18. The van der Waals surface area contributed by atoms with Gasteiger partial charge in [-0.15, -0.1) is 0 Å². The Morgan fingerprint density at radius 1 is 1.59 bits per heavy atom. The molecule has 1 N–H and O–H groups in total. The highest BCUT2D eigenvalue weighted by molar-refractivity contribution is 5.80. The van der Waals surface area contributed by atoms with Crippen LogP contribution in [0.15, 0.2) is 6.20 Å². The second-order valence-electron chi connectivity index (χ2n) is 6.31. The second kappa shape index (κ2) is 6.79. The maximum Gasteiger partial charge on any atom is 0.249 e. The van der Waals surface area contributed by atoms with Gasteiger partial charge in [0.05, 0.1) is 18.4 Å². The zero-order chi connectivity index (χ0) is 15.5. The summed E-state index contributed by atoms with van der Waals surface area (Å²) in [5.74, 6) is 1.08. The molecule has 1 fully saturated rings. The molecule has 3 heterocycles. The fraction of sp³-hybridized carbons (Fsp3) is 0.750. The summed E-state index contributed by atoms with van der Waals surface area (Å²) in [7, 11) is 0. The van der Waals surface area contributed by atoms with E-state index < -0.39 is 6.10 Å². The molecule has 3 atom stereocenters. The van der Waals surface area contributed by atoms with Crippen molar-refractivity contribution in [3.05, 3.63) is 17.7 Å². The van der Waals surface area contributed by atoms with Gasteiger partial charge in [0.15, 0.2) is 0 Å². The Morgan fingerprint density at radius 3 is 3.23 bits per heavy atom. The zero-order valence-corrected chi connectivity index (χ0v) is 13.4. The van der Waals surface area contributed by atoms with Crippen LogP contribution in [0.1, 0.15) is 37.7 Å². The number of hydrogen-bond acceptors (Lipinski definition) is 4. The van der Waals surface area contributed by atoms with Crippen molar-refractivity contribution in [2.24, 2.45) is 0 Å². The van der Waals surface area contributed by atoms with E-state index in [0.717, 1.165) is 50.4 Å². The Balaban J connectivity index is 1.45. The average molecular weight is 307 g/mol. The van der Waals surface area contributed by atoms with Crippen molar-refractivity contribution in [3.63, 3.8) is 0 Å². The minimum Gasteiger partial charge on any atom is -0.376 e. The van der Waals surface area contributed by atoms with E-state index in [4.69, 9.17) is 9.47 Å². The number of ether oxygens (including phenoxy) is 2. The standard InChI is InChI=1S/C16H25N3O3/c1-11-8-19-9-13(5-6-15(19)17-11)18-16(20)12(2)22-10-14-4-3-7-21-14/h8,12-14H,3-7,9-10H2,1-2H3,(H,18,20)/t12-,13+,14+/m1/s1. The first kappa shape index (κ1) is 15.5. The molecule has 0 spiro atoms. The summed E-state index contributed by atoms with van der Waals surface area (Å²) in [5, 5.41) is 3.09. The zero-order valence-electron chi connectivity index (χ0n) is 13.4. The number of nitrogens with zero attached hydrogens (tertiary/aromatic N) is 2. The van der Waals surface area contributed by atoms with Crippen LogP contribution >= 0.6 is 0 Å². The normalized spacial score (nSPS) is 25.7. The van der Waals surface area contributed by atoms with Crippen molar-refractivity contribution in [2.75, 3.05) is 13.2 Å². The Bertz CT molecular complexity index is 523. The Morgan fingerprint density at radius 2 is 2.45 bits per heavy atom. The molecular weight excluding hydrogens is 282 g/mol. The van der Waals surface area contributed by atoms with E-state index in [1.54, 1.807) is 6.92 Å². The van der Waals surface area contributed by atoms with Crippen LogP contribution in [-0.2, 0) is 27.2 Å². The molecule has 6 heteroatoms. The number of aromatic nitrogens is 2. The average Bonchev–Trinajstić information content (AvgIpc) is 3.12. The highest BCUT2D eigenvalue weighted by Gasteiger charge is 2.24. The van der Waals surface area contributed by atoms with Crippen LogP contribution in [0.4, 0.5) is 0 Å². The van der Waals surface area contributed by atoms with Crippen LogP contribution in [0.3, 0.4) is 0 Å². The van der Waals surface area contributed by atoms with Gasteiger partial charge in [-0.2, -0.15) is 0 Å². The predicted octanol–water partition coefficient (Wildman–Crippen LogP) is 1.21.